The second-order valence-corrected chi connectivity index (χ2v) is 4.82. The van der Waals surface area contributed by atoms with Gasteiger partial charge in [-0.25, -0.2) is 0 Å². The summed E-state index contributed by atoms with van der Waals surface area (Å²) in [4.78, 5) is 4.39. The topological polar surface area (TPSA) is 12.9 Å². The Balaban J connectivity index is 2.11. The van der Waals surface area contributed by atoms with Crippen LogP contribution in [0, 0.1) is 5.92 Å². The maximum atomic E-state index is 4.39. The minimum absolute atomic E-state index is 0.747. The summed E-state index contributed by atoms with van der Waals surface area (Å²) in [5.41, 5.74) is 2.60. The molecule has 3 rings (SSSR count). The zero-order valence-electron chi connectivity index (χ0n) is 8.36. The third-order valence-corrected chi connectivity index (χ3v) is 4.03. The minimum Gasteiger partial charge on any atom is -0.256 e. The highest BCUT2D eigenvalue weighted by molar-refractivity contribution is 9.09. The lowest BCUT2D eigenvalue weighted by molar-refractivity contribution is 0.941. The number of fused-ring (bicyclic) bond motifs is 1. The lowest BCUT2D eigenvalue weighted by Crippen LogP contribution is -1.88. The van der Waals surface area contributed by atoms with Gasteiger partial charge in [0.25, 0.3) is 0 Å². The summed E-state index contributed by atoms with van der Waals surface area (Å²) in [6.07, 6.45) is 3.25. The molecule has 0 amide bonds. The first-order valence-corrected chi connectivity index (χ1v) is 6.42. The predicted molar refractivity (Wildman–Crippen MR) is 66.4 cm³/mol. The van der Waals surface area contributed by atoms with Gasteiger partial charge in [-0.3, -0.25) is 4.98 Å². The molecule has 0 spiro atoms. The predicted octanol–water partition coefficient (Wildman–Crippen LogP) is 3.73. The van der Waals surface area contributed by atoms with Crippen LogP contribution in [-0.2, 0) is 0 Å². The van der Waals surface area contributed by atoms with E-state index in [9.17, 15) is 0 Å². The van der Waals surface area contributed by atoms with Gasteiger partial charge in [-0.05, 0) is 36.0 Å². The number of aromatic nitrogens is 1. The minimum atomic E-state index is 0.747. The van der Waals surface area contributed by atoms with Gasteiger partial charge in [-0.15, -0.1) is 0 Å². The highest BCUT2D eigenvalue weighted by Gasteiger charge is 2.37. The molecule has 1 aromatic heterocycles. The van der Waals surface area contributed by atoms with Crippen LogP contribution in [0.1, 0.15) is 17.9 Å². The molecular formula is C13H12BrN. The number of benzene rings is 1. The van der Waals surface area contributed by atoms with Crippen LogP contribution in [0.5, 0.6) is 0 Å². The summed E-state index contributed by atoms with van der Waals surface area (Å²) in [6.45, 7) is 0. The molecule has 76 valence electrons. The van der Waals surface area contributed by atoms with E-state index in [-0.39, 0.29) is 0 Å². The lowest BCUT2D eigenvalue weighted by atomic mass is 10.0. The molecule has 2 aromatic rings. The van der Waals surface area contributed by atoms with E-state index in [1.54, 1.807) is 0 Å². The van der Waals surface area contributed by atoms with E-state index < -0.39 is 0 Å². The van der Waals surface area contributed by atoms with Gasteiger partial charge in [0.15, 0.2) is 0 Å². The molecule has 0 aliphatic heterocycles. The Bertz CT molecular complexity index is 489. The van der Waals surface area contributed by atoms with Gasteiger partial charge < -0.3 is 0 Å². The second-order valence-electron chi connectivity index (χ2n) is 4.17. The molecule has 0 bridgehead atoms. The van der Waals surface area contributed by atoms with E-state index in [0.29, 0.717) is 0 Å². The molecule has 1 aromatic carbocycles. The lowest BCUT2D eigenvalue weighted by Gasteiger charge is -2.04. The number of para-hydroxylation sites is 1. The van der Waals surface area contributed by atoms with Crippen molar-refractivity contribution >= 4 is 26.8 Å². The summed E-state index contributed by atoms with van der Waals surface area (Å²) in [5.74, 6) is 1.58. The molecule has 2 unspecified atom stereocenters. The van der Waals surface area contributed by atoms with Crippen molar-refractivity contribution in [1.82, 2.24) is 4.98 Å². The quantitative estimate of drug-likeness (QED) is 0.751. The SMILES string of the molecule is BrCC1CC1c1ccnc2ccccc12. The van der Waals surface area contributed by atoms with Gasteiger partial charge in [0, 0.05) is 16.9 Å². The van der Waals surface area contributed by atoms with Crippen LogP contribution < -0.4 is 0 Å². The van der Waals surface area contributed by atoms with Crippen LogP contribution >= 0.6 is 15.9 Å². The Morgan fingerprint density at radius 1 is 1.27 bits per heavy atom. The smallest absolute Gasteiger partial charge is 0.0704 e. The number of hydrogen-bond donors (Lipinski definition) is 0. The summed E-state index contributed by atoms with van der Waals surface area (Å²) in [7, 11) is 0. The van der Waals surface area contributed by atoms with E-state index >= 15 is 0 Å². The van der Waals surface area contributed by atoms with Crippen molar-refractivity contribution in [3.05, 3.63) is 42.1 Å². The Kier molecular flexibility index (Phi) is 2.24. The molecule has 1 heterocycles. The average Bonchev–Trinajstić information content (AvgIpc) is 3.07. The number of pyridine rings is 1. The molecule has 1 saturated carbocycles. The molecule has 1 fully saturated rings. The van der Waals surface area contributed by atoms with Gasteiger partial charge in [-0.1, -0.05) is 34.1 Å². The summed E-state index contributed by atoms with van der Waals surface area (Å²) >= 11 is 3.56. The van der Waals surface area contributed by atoms with Crippen molar-refractivity contribution in [3.63, 3.8) is 0 Å². The fourth-order valence-electron chi connectivity index (χ4n) is 2.24. The molecule has 0 radical (unpaired) electrons. The number of halogens is 1. The van der Waals surface area contributed by atoms with Gasteiger partial charge in [0.2, 0.25) is 0 Å². The van der Waals surface area contributed by atoms with Crippen LogP contribution in [0.2, 0.25) is 0 Å². The highest BCUT2D eigenvalue weighted by Crippen LogP contribution is 2.49. The zero-order chi connectivity index (χ0) is 10.3. The molecule has 0 N–H and O–H groups in total. The van der Waals surface area contributed by atoms with Crippen molar-refractivity contribution < 1.29 is 0 Å². The van der Waals surface area contributed by atoms with Crippen molar-refractivity contribution in [2.75, 3.05) is 5.33 Å². The summed E-state index contributed by atoms with van der Waals surface area (Å²) < 4.78 is 0. The molecule has 1 nitrogen and oxygen atoms in total. The highest BCUT2D eigenvalue weighted by atomic mass is 79.9. The first kappa shape index (κ1) is 9.34. The third kappa shape index (κ3) is 1.57. The molecular weight excluding hydrogens is 250 g/mol. The molecule has 0 saturated heterocycles. The Labute approximate surface area is 97.7 Å². The maximum Gasteiger partial charge on any atom is 0.0704 e. The first-order valence-electron chi connectivity index (χ1n) is 5.30. The monoisotopic (exact) mass is 261 g/mol. The Morgan fingerprint density at radius 3 is 2.93 bits per heavy atom. The maximum absolute atomic E-state index is 4.39. The van der Waals surface area contributed by atoms with E-state index in [2.05, 4.69) is 45.2 Å². The third-order valence-electron chi connectivity index (χ3n) is 3.20. The second kappa shape index (κ2) is 3.60. The standard InChI is InChI=1S/C13H12BrN/c14-8-9-7-12(9)10-5-6-15-13-4-2-1-3-11(10)13/h1-6,9,12H,7-8H2. The van der Waals surface area contributed by atoms with Gasteiger partial charge >= 0.3 is 0 Å². The normalized spacial score (nSPS) is 24.3. The molecule has 2 atom stereocenters. The zero-order valence-corrected chi connectivity index (χ0v) is 9.94. The average molecular weight is 262 g/mol. The van der Waals surface area contributed by atoms with Crippen LogP contribution in [0.4, 0.5) is 0 Å². The number of hydrogen-bond acceptors (Lipinski definition) is 1. The van der Waals surface area contributed by atoms with E-state index in [0.717, 1.165) is 22.7 Å². The van der Waals surface area contributed by atoms with Crippen molar-refractivity contribution in [1.29, 1.82) is 0 Å². The van der Waals surface area contributed by atoms with Crippen LogP contribution in [0.3, 0.4) is 0 Å². The van der Waals surface area contributed by atoms with Crippen LogP contribution in [0.25, 0.3) is 10.9 Å². The van der Waals surface area contributed by atoms with E-state index in [1.165, 1.54) is 17.4 Å². The van der Waals surface area contributed by atoms with Crippen LogP contribution in [-0.4, -0.2) is 10.3 Å². The van der Waals surface area contributed by atoms with Crippen molar-refractivity contribution in [2.45, 2.75) is 12.3 Å². The van der Waals surface area contributed by atoms with Crippen molar-refractivity contribution in [2.24, 2.45) is 5.92 Å². The largest absolute Gasteiger partial charge is 0.256 e. The first-order chi connectivity index (χ1) is 7.40. The Hall–Kier alpha value is -0.890. The summed E-state index contributed by atoms with van der Waals surface area (Å²) in [5, 5.41) is 2.45. The molecule has 15 heavy (non-hydrogen) atoms. The molecule has 1 aliphatic rings. The summed E-state index contributed by atoms with van der Waals surface area (Å²) in [6, 6.07) is 10.6. The van der Waals surface area contributed by atoms with Gasteiger partial charge in [0.1, 0.15) is 0 Å². The fraction of sp³-hybridized carbons (Fsp3) is 0.308. The molecule has 2 heteroatoms. The number of alkyl halides is 1. The van der Waals surface area contributed by atoms with Gasteiger partial charge in [-0.2, -0.15) is 0 Å². The van der Waals surface area contributed by atoms with Crippen LogP contribution in [0.15, 0.2) is 36.5 Å². The number of nitrogens with zero attached hydrogens (tertiary/aromatic N) is 1. The fourth-order valence-corrected chi connectivity index (χ4v) is 2.96. The van der Waals surface area contributed by atoms with E-state index in [1.807, 2.05) is 12.3 Å². The van der Waals surface area contributed by atoms with Crippen molar-refractivity contribution in [3.8, 4) is 0 Å². The number of rotatable bonds is 2. The molecule has 1 aliphatic carbocycles. The Morgan fingerprint density at radius 2 is 2.13 bits per heavy atom. The van der Waals surface area contributed by atoms with Gasteiger partial charge in [0.05, 0.1) is 5.52 Å². The van der Waals surface area contributed by atoms with E-state index in [4.69, 9.17) is 0 Å².